The van der Waals surface area contributed by atoms with Gasteiger partial charge in [0.2, 0.25) is 0 Å². The van der Waals surface area contributed by atoms with Crippen LogP contribution >= 0.6 is 12.4 Å². The molecule has 3 nitrogen and oxygen atoms in total. The largest absolute Gasteiger partial charge is 0.461 e. The van der Waals surface area contributed by atoms with Crippen LogP contribution in [0.5, 0.6) is 0 Å². The molecule has 2 rings (SSSR count). The molecule has 2 N–H and O–H groups in total. The van der Waals surface area contributed by atoms with E-state index in [4.69, 9.17) is 10.5 Å². The fourth-order valence-electron chi connectivity index (χ4n) is 2.20. The quantitative estimate of drug-likeness (QED) is 0.859. The van der Waals surface area contributed by atoms with Crippen LogP contribution < -0.4 is 5.73 Å². The summed E-state index contributed by atoms with van der Waals surface area (Å²) in [7, 11) is 0. The number of rotatable bonds is 3. The highest BCUT2D eigenvalue weighted by molar-refractivity contribution is 5.85. The Morgan fingerprint density at radius 3 is 2.39 bits per heavy atom. The summed E-state index contributed by atoms with van der Waals surface area (Å²) < 4.78 is 5.32. The minimum absolute atomic E-state index is 0. The van der Waals surface area contributed by atoms with Crippen LogP contribution in [0.15, 0.2) is 30.3 Å². The monoisotopic (exact) mass is 269 g/mol. The van der Waals surface area contributed by atoms with Gasteiger partial charge >= 0.3 is 5.97 Å². The molecule has 18 heavy (non-hydrogen) atoms. The van der Waals surface area contributed by atoms with E-state index in [1.807, 2.05) is 30.3 Å². The molecule has 0 heterocycles. The zero-order valence-corrected chi connectivity index (χ0v) is 11.2. The zero-order valence-electron chi connectivity index (χ0n) is 10.4. The summed E-state index contributed by atoms with van der Waals surface area (Å²) in [6.45, 7) is 0.377. The Morgan fingerprint density at radius 1 is 1.17 bits per heavy atom. The molecule has 0 amide bonds. The lowest BCUT2D eigenvalue weighted by Gasteiger charge is -2.24. The molecule has 0 aliphatic heterocycles. The van der Waals surface area contributed by atoms with Crippen LogP contribution in [0.25, 0.3) is 0 Å². The molecular weight excluding hydrogens is 250 g/mol. The van der Waals surface area contributed by atoms with E-state index in [2.05, 4.69) is 0 Å². The van der Waals surface area contributed by atoms with Crippen LogP contribution in [0.4, 0.5) is 0 Å². The zero-order chi connectivity index (χ0) is 12.1. The van der Waals surface area contributed by atoms with Crippen molar-refractivity contribution in [3.8, 4) is 0 Å². The molecule has 0 saturated heterocycles. The van der Waals surface area contributed by atoms with Gasteiger partial charge in [0.1, 0.15) is 6.61 Å². The number of carbonyl (C=O) groups excluding carboxylic acids is 1. The maximum absolute atomic E-state index is 11.8. The predicted octanol–water partition coefficient (Wildman–Crippen LogP) is 2.67. The molecule has 0 spiro atoms. The minimum Gasteiger partial charge on any atom is -0.461 e. The predicted molar refractivity (Wildman–Crippen MR) is 73.4 cm³/mol. The SMILES string of the molecule is Cl.NC1CCC(C(=O)OCc2ccccc2)CC1. The van der Waals surface area contributed by atoms with Crippen molar-refractivity contribution < 1.29 is 9.53 Å². The fraction of sp³-hybridized carbons (Fsp3) is 0.500. The van der Waals surface area contributed by atoms with E-state index in [-0.39, 0.29) is 30.3 Å². The van der Waals surface area contributed by atoms with E-state index in [0.29, 0.717) is 6.61 Å². The summed E-state index contributed by atoms with van der Waals surface area (Å²) in [5.41, 5.74) is 6.85. The molecule has 0 bridgehead atoms. The van der Waals surface area contributed by atoms with Gasteiger partial charge in [-0.1, -0.05) is 30.3 Å². The summed E-state index contributed by atoms with van der Waals surface area (Å²) in [5.74, 6) is -0.0146. The molecule has 0 aromatic heterocycles. The smallest absolute Gasteiger partial charge is 0.309 e. The molecule has 1 aromatic carbocycles. The average molecular weight is 270 g/mol. The number of hydrogen-bond acceptors (Lipinski definition) is 3. The number of nitrogens with two attached hydrogens (primary N) is 1. The van der Waals surface area contributed by atoms with Gasteiger partial charge in [-0.2, -0.15) is 0 Å². The van der Waals surface area contributed by atoms with Crippen LogP contribution in [0.1, 0.15) is 31.2 Å². The highest BCUT2D eigenvalue weighted by atomic mass is 35.5. The Hall–Kier alpha value is -1.06. The number of benzene rings is 1. The Balaban J connectivity index is 0.00000162. The van der Waals surface area contributed by atoms with Crippen LogP contribution in [-0.2, 0) is 16.1 Å². The van der Waals surface area contributed by atoms with Crippen molar-refractivity contribution in [2.24, 2.45) is 11.7 Å². The second kappa shape index (κ2) is 7.39. The van der Waals surface area contributed by atoms with E-state index in [1.165, 1.54) is 0 Å². The molecule has 1 aliphatic carbocycles. The van der Waals surface area contributed by atoms with E-state index >= 15 is 0 Å². The molecule has 1 saturated carbocycles. The normalized spacial score (nSPS) is 22.9. The van der Waals surface area contributed by atoms with Gasteiger partial charge in [-0.05, 0) is 31.2 Å². The lowest BCUT2D eigenvalue weighted by Crippen LogP contribution is -2.30. The molecule has 1 fully saturated rings. The van der Waals surface area contributed by atoms with Gasteiger partial charge in [-0.25, -0.2) is 0 Å². The van der Waals surface area contributed by atoms with Crippen molar-refractivity contribution >= 4 is 18.4 Å². The van der Waals surface area contributed by atoms with Gasteiger partial charge in [0.15, 0.2) is 0 Å². The third kappa shape index (κ3) is 4.31. The molecular formula is C14H20ClNO2. The van der Waals surface area contributed by atoms with Gasteiger partial charge in [-0.15, -0.1) is 12.4 Å². The van der Waals surface area contributed by atoms with Crippen molar-refractivity contribution in [2.45, 2.75) is 38.3 Å². The lowest BCUT2D eigenvalue weighted by atomic mass is 9.86. The van der Waals surface area contributed by atoms with Crippen molar-refractivity contribution in [3.05, 3.63) is 35.9 Å². The van der Waals surface area contributed by atoms with Gasteiger partial charge in [-0.3, -0.25) is 4.79 Å². The topological polar surface area (TPSA) is 52.3 Å². The van der Waals surface area contributed by atoms with Crippen LogP contribution in [0.3, 0.4) is 0 Å². The Labute approximate surface area is 114 Å². The van der Waals surface area contributed by atoms with Gasteiger partial charge in [0, 0.05) is 6.04 Å². The highest BCUT2D eigenvalue weighted by Crippen LogP contribution is 2.24. The molecule has 1 aromatic rings. The van der Waals surface area contributed by atoms with E-state index < -0.39 is 0 Å². The first kappa shape index (κ1) is 15.0. The molecule has 0 unspecified atom stereocenters. The van der Waals surface area contributed by atoms with Crippen molar-refractivity contribution in [3.63, 3.8) is 0 Å². The van der Waals surface area contributed by atoms with E-state index in [1.54, 1.807) is 0 Å². The maximum atomic E-state index is 11.8. The molecule has 1 aliphatic rings. The highest BCUT2D eigenvalue weighted by Gasteiger charge is 2.25. The van der Waals surface area contributed by atoms with Crippen molar-refractivity contribution in [1.82, 2.24) is 0 Å². The molecule has 0 atom stereocenters. The lowest BCUT2D eigenvalue weighted by molar-refractivity contribution is -0.151. The van der Waals surface area contributed by atoms with Gasteiger partial charge in [0.25, 0.3) is 0 Å². The number of hydrogen-bond donors (Lipinski definition) is 1. The Morgan fingerprint density at radius 2 is 1.78 bits per heavy atom. The van der Waals surface area contributed by atoms with Crippen molar-refractivity contribution in [2.75, 3.05) is 0 Å². The first-order valence-electron chi connectivity index (χ1n) is 6.22. The van der Waals surface area contributed by atoms with Crippen LogP contribution in [0.2, 0.25) is 0 Å². The van der Waals surface area contributed by atoms with E-state index in [9.17, 15) is 4.79 Å². The summed E-state index contributed by atoms with van der Waals surface area (Å²) in [6.07, 6.45) is 3.61. The van der Waals surface area contributed by atoms with Crippen molar-refractivity contribution in [1.29, 1.82) is 0 Å². The van der Waals surface area contributed by atoms with Crippen LogP contribution in [-0.4, -0.2) is 12.0 Å². The second-order valence-corrected chi connectivity index (χ2v) is 4.71. The fourth-order valence-corrected chi connectivity index (χ4v) is 2.20. The van der Waals surface area contributed by atoms with Crippen LogP contribution in [0, 0.1) is 5.92 Å². The third-order valence-electron chi connectivity index (χ3n) is 3.33. The summed E-state index contributed by atoms with van der Waals surface area (Å²) in [6, 6.07) is 10.0. The number of carbonyl (C=O) groups is 1. The molecule has 100 valence electrons. The number of halogens is 1. The van der Waals surface area contributed by atoms with E-state index in [0.717, 1.165) is 31.2 Å². The number of ether oxygens (including phenoxy) is 1. The summed E-state index contributed by atoms with van der Waals surface area (Å²) in [4.78, 5) is 11.8. The second-order valence-electron chi connectivity index (χ2n) is 4.71. The summed E-state index contributed by atoms with van der Waals surface area (Å²) >= 11 is 0. The average Bonchev–Trinajstić information content (AvgIpc) is 2.38. The maximum Gasteiger partial charge on any atom is 0.309 e. The van der Waals surface area contributed by atoms with Gasteiger partial charge < -0.3 is 10.5 Å². The minimum atomic E-state index is -0.0687. The van der Waals surface area contributed by atoms with Gasteiger partial charge in [0.05, 0.1) is 5.92 Å². The summed E-state index contributed by atoms with van der Waals surface area (Å²) in [5, 5.41) is 0. The number of esters is 1. The molecule has 4 heteroatoms. The standard InChI is InChI=1S/C14H19NO2.ClH/c15-13-8-6-12(7-9-13)14(16)17-10-11-4-2-1-3-5-11;/h1-5,12-13H,6-10,15H2;1H. The first-order chi connectivity index (χ1) is 8.25. The Bertz CT molecular complexity index is 361. The first-order valence-corrected chi connectivity index (χ1v) is 6.22. The molecule has 0 radical (unpaired) electrons. The third-order valence-corrected chi connectivity index (χ3v) is 3.33. The Kier molecular flexibility index (Phi) is 6.16.